The van der Waals surface area contributed by atoms with Crippen molar-refractivity contribution < 1.29 is 4.79 Å². The fourth-order valence-electron chi connectivity index (χ4n) is 3.26. The summed E-state index contributed by atoms with van der Waals surface area (Å²) < 4.78 is 0. The number of unbranched alkanes of at least 4 members (excludes halogenated alkanes) is 1. The van der Waals surface area contributed by atoms with E-state index in [4.69, 9.17) is 0 Å². The molecular formula is C15H28N2O. The van der Waals surface area contributed by atoms with Crippen molar-refractivity contribution in [3.05, 3.63) is 0 Å². The molecule has 1 amide bonds. The van der Waals surface area contributed by atoms with E-state index in [9.17, 15) is 4.79 Å². The van der Waals surface area contributed by atoms with Crippen molar-refractivity contribution in [3.63, 3.8) is 0 Å². The molecule has 0 N–H and O–H groups in total. The van der Waals surface area contributed by atoms with E-state index in [0.29, 0.717) is 17.4 Å². The average Bonchev–Trinajstić information content (AvgIpc) is 2.33. The van der Waals surface area contributed by atoms with Crippen molar-refractivity contribution in [2.24, 2.45) is 5.41 Å². The number of carbonyl (C=O) groups excluding carboxylic acids is 1. The number of hydrogen-bond acceptors (Lipinski definition) is 2. The molecule has 0 aromatic heterocycles. The van der Waals surface area contributed by atoms with Crippen molar-refractivity contribution in [1.82, 2.24) is 9.80 Å². The Morgan fingerprint density at radius 2 is 1.83 bits per heavy atom. The van der Waals surface area contributed by atoms with Gasteiger partial charge in [0, 0.05) is 31.0 Å². The smallest absolute Gasteiger partial charge is 0.222 e. The van der Waals surface area contributed by atoms with Crippen LogP contribution < -0.4 is 0 Å². The van der Waals surface area contributed by atoms with E-state index in [0.717, 1.165) is 32.4 Å². The summed E-state index contributed by atoms with van der Waals surface area (Å²) in [4.78, 5) is 16.5. The van der Waals surface area contributed by atoms with Gasteiger partial charge in [-0.05, 0) is 46.2 Å². The Bertz CT molecular complexity index is 285. The fraction of sp³-hybridized carbons (Fsp3) is 0.933. The summed E-state index contributed by atoms with van der Waals surface area (Å²) in [5.41, 5.74) is 0.479. The highest BCUT2D eigenvalue weighted by molar-refractivity contribution is 5.77. The maximum Gasteiger partial charge on any atom is 0.222 e. The molecule has 0 saturated carbocycles. The van der Waals surface area contributed by atoms with Gasteiger partial charge in [-0.1, -0.05) is 13.3 Å². The number of nitrogens with zero attached hydrogens (tertiary/aromatic N) is 2. The minimum atomic E-state index is 0.383. The van der Waals surface area contributed by atoms with Crippen LogP contribution in [0.2, 0.25) is 0 Å². The molecule has 1 spiro atoms. The van der Waals surface area contributed by atoms with Crippen LogP contribution in [0.5, 0.6) is 0 Å². The molecule has 3 heteroatoms. The highest BCUT2D eigenvalue weighted by atomic mass is 16.2. The van der Waals surface area contributed by atoms with Crippen LogP contribution >= 0.6 is 0 Å². The molecule has 2 saturated heterocycles. The number of carbonyl (C=O) groups is 1. The van der Waals surface area contributed by atoms with E-state index >= 15 is 0 Å². The van der Waals surface area contributed by atoms with Crippen LogP contribution in [0.15, 0.2) is 0 Å². The third-order valence-electron chi connectivity index (χ3n) is 4.74. The Morgan fingerprint density at radius 1 is 1.22 bits per heavy atom. The summed E-state index contributed by atoms with van der Waals surface area (Å²) in [5.74, 6) is 0.383. The zero-order chi connectivity index (χ0) is 13.2. The topological polar surface area (TPSA) is 23.6 Å². The Kier molecular flexibility index (Phi) is 4.31. The van der Waals surface area contributed by atoms with Gasteiger partial charge in [-0.25, -0.2) is 0 Å². The Hall–Kier alpha value is -0.570. The van der Waals surface area contributed by atoms with Crippen LogP contribution in [0.3, 0.4) is 0 Å². The summed E-state index contributed by atoms with van der Waals surface area (Å²) in [5, 5.41) is 0. The first-order valence-electron chi connectivity index (χ1n) is 7.58. The standard InChI is InChI=1S/C15H28N2O/c1-4-5-6-14(18)17-11-15(12-17)7-9-16(10-8-15)13(2)3/h13H,4-12H2,1-3H3. The second-order valence-corrected chi connectivity index (χ2v) is 6.48. The maximum atomic E-state index is 11.9. The molecule has 2 heterocycles. The lowest BCUT2D eigenvalue weighted by Gasteiger charge is -2.54. The SMILES string of the molecule is CCCCC(=O)N1CC2(CCN(C(C)C)CC2)C1. The highest BCUT2D eigenvalue weighted by Gasteiger charge is 2.46. The van der Waals surface area contributed by atoms with Crippen molar-refractivity contribution in [2.75, 3.05) is 26.2 Å². The minimum Gasteiger partial charge on any atom is -0.341 e. The zero-order valence-corrected chi connectivity index (χ0v) is 12.2. The summed E-state index contributed by atoms with van der Waals surface area (Å²) in [6, 6.07) is 0.671. The van der Waals surface area contributed by atoms with E-state index in [-0.39, 0.29) is 0 Å². The van der Waals surface area contributed by atoms with E-state index in [1.54, 1.807) is 0 Å². The van der Waals surface area contributed by atoms with Crippen LogP contribution in [0.1, 0.15) is 52.9 Å². The van der Waals surface area contributed by atoms with Gasteiger partial charge in [0.25, 0.3) is 0 Å². The van der Waals surface area contributed by atoms with Gasteiger partial charge in [-0.3, -0.25) is 4.79 Å². The van der Waals surface area contributed by atoms with E-state index < -0.39 is 0 Å². The number of rotatable bonds is 4. The Balaban J connectivity index is 1.74. The summed E-state index contributed by atoms with van der Waals surface area (Å²) in [7, 11) is 0. The lowest BCUT2D eigenvalue weighted by Crippen LogP contribution is -2.62. The van der Waals surface area contributed by atoms with Crippen LogP contribution in [-0.2, 0) is 4.79 Å². The predicted molar refractivity (Wildman–Crippen MR) is 74.5 cm³/mol. The molecule has 2 fully saturated rings. The number of likely N-dealkylation sites (tertiary alicyclic amines) is 2. The monoisotopic (exact) mass is 252 g/mol. The second-order valence-electron chi connectivity index (χ2n) is 6.48. The van der Waals surface area contributed by atoms with Gasteiger partial charge in [-0.2, -0.15) is 0 Å². The molecule has 2 rings (SSSR count). The number of amides is 1. The largest absolute Gasteiger partial charge is 0.341 e. The molecule has 0 bridgehead atoms. The predicted octanol–water partition coefficient (Wildman–Crippen LogP) is 2.51. The fourth-order valence-corrected chi connectivity index (χ4v) is 3.26. The number of piperidine rings is 1. The molecule has 0 aromatic carbocycles. The van der Waals surface area contributed by atoms with Crippen LogP contribution in [-0.4, -0.2) is 47.9 Å². The molecule has 104 valence electrons. The van der Waals surface area contributed by atoms with E-state index in [2.05, 4.69) is 30.6 Å². The maximum absolute atomic E-state index is 11.9. The first kappa shape index (κ1) is 13.9. The van der Waals surface area contributed by atoms with Gasteiger partial charge >= 0.3 is 0 Å². The van der Waals surface area contributed by atoms with E-state index in [1.807, 2.05) is 0 Å². The third-order valence-corrected chi connectivity index (χ3v) is 4.74. The van der Waals surface area contributed by atoms with Crippen molar-refractivity contribution in [2.45, 2.75) is 58.9 Å². The van der Waals surface area contributed by atoms with Gasteiger partial charge < -0.3 is 9.80 Å². The molecule has 0 aliphatic carbocycles. The molecule has 0 unspecified atom stereocenters. The quantitative estimate of drug-likeness (QED) is 0.767. The van der Waals surface area contributed by atoms with Gasteiger partial charge in [0.15, 0.2) is 0 Å². The molecule has 2 aliphatic heterocycles. The van der Waals surface area contributed by atoms with Crippen LogP contribution in [0.4, 0.5) is 0 Å². The Labute approximate surface area is 112 Å². The average molecular weight is 252 g/mol. The van der Waals surface area contributed by atoms with Crippen molar-refractivity contribution in [3.8, 4) is 0 Å². The molecule has 3 nitrogen and oxygen atoms in total. The minimum absolute atomic E-state index is 0.383. The van der Waals surface area contributed by atoms with Gasteiger partial charge in [0.2, 0.25) is 5.91 Å². The van der Waals surface area contributed by atoms with Gasteiger partial charge in [0.1, 0.15) is 0 Å². The summed E-state index contributed by atoms with van der Waals surface area (Å²) in [6.07, 6.45) is 5.48. The summed E-state index contributed by atoms with van der Waals surface area (Å²) >= 11 is 0. The molecular weight excluding hydrogens is 224 g/mol. The van der Waals surface area contributed by atoms with Gasteiger partial charge in [-0.15, -0.1) is 0 Å². The van der Waals surface area contributed by atoms with Crippen LogP contribution in [0, 0.1) is 5.41 Å². The molecule has 0 aromatic rings. The molecule has 0 radical (unpaired) electrons. The van der Waals surface area contributed by atoms with Crippen LogP contribution in [0.25, 0.3) is 0 Å². The number of hydrogen-bond donors (Lipinski definition) is 0. The van der Waals surface area contributed by atoms with E-state index in [1.165, 1.54) is 25.9 Å². The molecule has 18 heavy (non-hydrogen) atoms. The zero-order valence-electron chi connectivity index (χ0n) is 12.2. The highest BCUT2D eigenvalue weighted by Crippen LogP contribution is 2.41. The first-order valence-corrected chi connectivity index (χ1v) is 7.58. The van der Waals surface area contributed by atoms with Crippen molar-refractivity contribution in [1.29, 1.82) is 0 Å². The molecule has 2 aliphatic rings. The van der Waals surface area contributed by atoms with Gasteiger partial charge in [0.05, 0.1) is 0 Å². The first-order chi connectivity index (χ1) is 8.56. The normalized spacial score (nSPS) is 23.4. The second kappa shape index (κ2) is 5.60. The van der Waals surface area contributed by atoms with Crippen molar-refractivity contribution >= 4 is 5.91 Å². The Morgan fingerprint density at radius 3 is 2.33 bits per heavy atom. The lowest BCUT2D eigenvalue weighted by atomic mass is 9.71. The third kappa shape index (κ3) is 2.87. The molecule has 0 atom stereocenters. The summed E-state index contributed by atoms with van der Waals surface area (Å²) in [6.45, 7) is 11.2. The lowest BCUT2D eigenvalue weighted by molar-refractivity contribution is -0.147.